The molecule has 0 amide bonds. The zero-order chi connectivity index (χ0) is 29.0. The highest BCUT2D eigenvalue weighted by Crippen LogP contribution is 2.35. The van der Waals surface area contributed by atoms with E-state index in [1.54, 1.807) is 26.0 Å². The summed E-state index contributed by atoms with van der Waals surface area (Å²) in [5.41, 5.74) is 0.431. The third kappa shape index (κ3) is 8.57. The predicted molar refractivity (Wildman–Crippen MR) is 146 cm³/mol. The molecule has 2 N–H and O–H groups in total. The molecule has 0 saturated carbocycles. The number of benzene rings is 2. The van der Waals surface area contributed by atoms with Gasteiger partial charge in [-0.25, -0.2) is 18.0 Å². The van der Waals surface area contributed by atoms with E-state index in [9.17, 15) is 18.0 Å². The van der Waals surface area contributed by atoms with Gasteiger partial charge in [0.1, 0.15) is 23.0 Å². The molecule has 2 rings (SSSR count). The molecule has 0 radical (unpaired) electrons. The number of hydrogen-bond donors (Lipinski definition) is 2. The zero-order valence-corrected chi connectivity index (χ0v) is 23.3. The van der Waals surface area contributed by atoms with Gasteiger partial charge in [0, 0.05) is 18.3 Å². The lowest BCUT2D eigenvalue weighted by Gasteiger charge is -2.13. The minimum atomic E-state index is -4.01. The summed E-state index contributed by atoms with van der Waals surface area (Å²) >= 11 is 0. The first-order valence-corrected chi connectivity index (χ1v) is 13.2. The molecule has 212 valence electrons. The van der Waals surface area contributed by atoms with Gasteiger partial charge in [-0.05, 0) is 38.1 Å². The molecular weight excluding hydrogens is 532 g/mol. The van der Waals surface area contributed by atoms with Crippen LogP contribution >= 0.6 is 0 Å². The van der Waals surface area contributed by atoms with E-state index in [4.69, 9.17) is 28.4 Å². The van der Waals surface area contributed by atoms with Gasteiger partial charge in [-0.2, -0.15) is 0 Å². The minimum Gasteiger partial charge on any atom is -0.496 e. The fraction of sp³-hybridized carbons (Fsp3) is 0.308. The molecule has 0 bridgehead atoms. The lowest BCUT2D eigenvalue weighted by molar-refractivity contribution is -0.146. The molecule has 12 nitrogen and oxygen atoms in total. The van der Waals surface area contributed by atoms with Crippen molar-refractivity contribution >= 4 is 39.4 Å². The summed E-state index contributed by atoms with van der Waals surface area (Å²) in [5, 5.41) is 3.74. The van der Waals surface area contributed by atoms with E-state index < -0.39 is 22.0 Å². The molecule has 2 aromatic rings. The first-order chi connectivity index (χ1) is 18.6. The van der Waals surface area contributed by atoms with Crippen LogP contribution in [0.15, 0.2) is 47.5 Å². The van der Waals surface area contributed by atoms with Crippen LogP contribution in [0.1, 0.15) is 19.4 Å². The number of carbonyl (C=O) groups is 2. The molecule has 0 spiro atoms. The van der Waals surface area contributed by atoms with Crippen molar-refractivity contribution in [3.8, 4) is 23.0 Å². The second-order valence-electron chi connectivity index (χ2n) is 7.45. The van der Waals surface area contributed by atoms with E-state index in [1.807, 2.05) is 0 Å². The highest BCUT2D eigenvalue weighted by molar-refractivity contribution is 7.95. The van der Waals surface area contributed by atoms with Gasteiger partial charge in [0.25, 0.3) is 10.0 Å². The van der Waals surface area contributed by atoms with Crippen molar-refractivity contribution in [3.63, 3.8) is 0 Å². The van der Waals surface area contributed by atoms with E-state index in [1.165, 1.54) is 52.7 Å². The Balaban J connectivity index is 2.36. The van der Waals surface area contributed by atoms with Gasteiger partial charge >= 0.3 is 11.9 Å². The summed E-state index contributed by atoms with van der Waals surface area (Å²) < 4.78 is 59.2. The van der Waals surface area contributed by atoms with E-state index in [0.29, 0.717) is 28.6 Å². The quantitative estimate of drug-likeness (QED) is 0.150. The van der Waals surface area contributed by atoms with Crippen LogP contribution < -0.4 is 29.0 Å². The third-order valence-corrected chi connectivity index (χ3v) is 6.00. The molecular formula is C26H32N2O10S. The fourth-order valence-corrected chi connectivity index (χ4v) is 4.04. The fourth-order valence-electron chi connectivity index (χ4n) is 3.21. The Morgan fingerprint density at radius 2 is 1.38 bits per heavy atom. The Kier molecular flexibility index (Phi) is 11.5. The largest absolute Gasteiger partial charge is 0.496 e. The SMILES string of the molecule is CCOC(=O)C(=CNc1cc(NS(=O)(=O)/C=C/c2c(OC)cc(OC)cc2OC)ccc1OC)C(=O)OCC. The van der Waals surface area contributed by atoms with Crippen LogP contribution in [0, 0.1) is 0 Å². The Bertz CT molecular complexity index is 1290. The molecule has 0 fully saturated rings. The highest BCUT2D eigenvalue weighted by atomic mass is 32.2. The maximum absolute atomic E-state index is 12.9. The summed E-state index contributed by atoms with van der Waals surface area (Å²) in [6, 6.07) is 7.59. The second-order valence-corrected chi connectivity index (χ2v) is 9.02. The van der Waals surface area contributed by atoms with Crippen LogP contribution in [-0.2, 0) is 29.1 Å². The van der Waals surface area contributed by atoms with Crippen LogP contribution in [0.25, 0.3) is 6.08 Å². The number of anilines is 2. The lowest BCUT2D eigenvalue weighted by Crippen LogP contribution is -2.19. The zero-order valence-electron chi connectivity index (χ0n) is 22.5. The van der Waals surface area contributed by atoms with Crippen LogP contribution in [0.5, 0.6) is 23.0 Å². The number of nitrogens with one attached hydrogen (secondary N) is 2. The Morgan fingerprint density at radius 3 is 1.87 bits per heavy atom. The molecule has 0 aromatic heterocycles. The molecule has 0 unspecified atom stereocenters. The summed E-state index contributed by atoms with van der Waals surface area (Å²) in [6.45, 7) is 3.31. The molecule has 0 aliphatic carbocycles. The number of ether oxygens (including phenoxy) is 6. The average molecular weight is 565 g/mol. The normalized spacial score (nSPS) is 10.8. The molecule has 0 heterocycles. The standard InChI is InChI=1S/C26H32N2O10S/c1-7-37-25(29)20(26(30)38-8-2)16-27-21-13-17(9-10-22(21)34-4)28-39(31,32)12-11-19-23(35-5)14-18(33-3)15-24(19)36-6/h9-16,27-28H,7-8H2,1-6H3/b12-11+. The van der Waals surface area contributed by atoms with Gasteiger partial charge in [0.05, 0.1) is 64.0 Å². The van der Waals surface area contributed by atoms with Crippen molar-refractivity contribution < 1.29 is 46.4 Å². The predicted octanol–water partition coefficient (Wildman–Crippen LogP) is 3.56. The minimum absolute atomic E-state index is 0.0535. The average Bonchev–Trinajstić information content (AvgIpc) is 2.91. The lowest BCUT2D eigenvalue weighted by atomic mass is 10.1. The first kappa shape index (κ1) is 30.8. The number of methoxy groups -OCH3 is 4. The molecule has 0 atom stereocenters. The number of sulfonamides is 1. The van der Waals surface area contributed by atoms with E-state index in [0.717, 1.165) is 11.6 Å². The summed E-state index contributed by atoms with van der Waals surface area (Å²) in [6.07, 6.45) is 2.43. The Morgan fingerprint density at radius 1 is 0.821 bits per heavy atom. The van der Waals surface area contributed by atoms with Gasteiger partial charge in [0.15, 0.2) is 5.57 Å². The molecule has 13 heteroatoms. The summed E-state index contributed by atoms with van der Waals surface area (Å²) in [4.78, 5) is 24.4. The maximum Gasteiger partial charge on any atom is 0.347 e. The number of carbonyl (C=O) groups excluding carboxylic acids is 2. The van der Waals surface area contributed by atoms with Crippen molar-refractivity contribution in [2.75, 3.05) is 51.7 Å². The Hall–Kier alpha value is -4.39. The molecule has 0 aliphatic rings. The van der Waals surface area contributed by atoms with Crippen LogP contribution in [0.2, 0.25) is 0 Å². The van der Waals surface area contributed by atoms with E-state index in [-0.39, 0.29) is 30.2 Å². The van der Waals surface area contributed by atoms with Gasteiger partial charge in [-0.15, -0.1) is 0 Å². The second kappa shape index (κ2) is 14.5. The van der Waals surface area contributed by atoms with Crippen LogP contribution in [0.3, 0.4) is 0 Å². The van der Waals surface area contributed by atoms with E-state index in [2.05, 4.69) is 10.0 Å². The monoisotopic (exact) mass is 564 g/mol. The van der Waals surface area contributed by atoms with Crippen molar-refractivity contribution in [2.45, 2.75) is 13.8 Å². The summed E-state index contributed by atoms with van der Waals surface area (Å²) in [5.74, 6) is -0.283. The topological polar surface area (TPSA) is 148 Å². The molecule has 39 heavy (non-hydrogen) atoms. The third-order valence-electron chi connectivity index (χ3n) is 4.99. The van der Waals surface area contributed by atoms with Crippen LogP contribution in [0.4, 0.5) is 11.4 Å². The smallest absolute Gasteiger partial charge is 0.347 e. The van der Waals surface area contributed by atoms with Crippen molar-refractivity contribution in [3.05, 3.63) is 53.1 Å². The van der Waals surface area contributed by atoms with Gasteiger partial charge in [-0.1, -0.05) is 0 Å². The summed E-state index contributed by atoms with van der Waals surface area (Å²) in [7, 11) is 1.76. The van der Waals surface area contributed by atoms with Gasteiger partial charge in [0.2, 0.25) is 0 Å². The molecule has 2 aromatic carbocycles. The van der Waals surface area contributed by atoms with Gasteiger partial charge < -0.3 is 33.7 Å². The number of esters is 2. The van der Waals surface area contributed by atoms with Gasteiger partial charge in [-0.3, -0.25) is 4.72 Å². The highest BCUT2D eigenvalue weighted by Gasteiger charge is 2.21. The maximum atomic E-state index is 12.9. The van der Waals surface area contributed by atoms with Crippen LogP contribution in [-0.4, -0.2) is 62.0 Å². The Labute approximate surface area is 227 Å². The van der Waals surface area contributed by atoms with Crippen molar-refractivity contribution in [1.82, 2.24) is 0 Å². The first-order valence-electron chi connectivity index (χ1n) is 11.6. The van der Waals surface area contributed by atoms with E-state index >= 15 is 0 Å². The van der Waals surface area contributed by atoms with Crippen molar-refractivity contribution in [1.29, 1.82) is 0 Å². The molecule has 0 aliphatic heterocycles. The van der Waals surface area contributed by atoms with Crippen molar-refractivity contribution in [2.24, 2.45) is 0 Å². The number of rotatable bonds is 14. The number of hydrogen-bond acceptors (Lipinski definition) is 11. The molecule has 0 saturated heterocycles.